The van der Waals surface area contributed by atoms with Gasteiger partial charge in [0.05, 0.1) is 17.1 Å². The molecule has 2 amide bonds. The van der Waals surface area contributed by atoms with Crippen molar-refractivity contribution in [2.24, 2.45) is 0 Å². The Balaban J connectivity index is 0.000000257. The third-order valence-electron chi connectivity index (χ3n) is 6.83. The lowest BCUT2D eigenvalue weighted by Gasteiger charge is -2.35. The normalized spacial score (nSPS) is 16.2. The predicted octanol–water partition coefficient (Wildman–Crippen LogP) is 2.05. The van der Waals surface area contributed by atoms with E-state index in [4.69, 9.17) is 0 Å². The summed E-state index contributed by atoms with van der Waals surface area (Å²) >= 11 is 0. The van der Waals surface area contributed by atoms with E-state index in [2.05, 4.69) is 27.1 Å². The highest BCUT2D eigenvalue weighted by molar-refractivity contribution is 5.98. The van der Waals surface area contributed by atoms with Gasteiger partial charge in [-0.2, -0.15) is 0 Å². The van der Waals surface area contributed by atoms with Crippen molar-refractivity contribution in [2.45, 2.75) is 32.7 Å². The number of pyridine rings is 1. The second-order valence-corrected chi connectivity index (χ2v) is 9.55. The fourth-order valence-electron chi connectivity index (χ4n) is 4.56. The summed E-state index contributed by atoms with van der Waals surface area (Å²) < 4.78 is 13.7. The summed E-state index contributed by atoms with van der Waals surface area (Å²) in [6.45, 7) is 6.22. The fraction of sp³-hybridized carbons (Fsp3) is 0.407. The van der Waals surface area contributed by atoms with Gasteiger partial charge < -0.3 is 25.1 Å². The molecule has 0 bridgehead atoms. The van der Waals surface area contributed by atoms with Crippen LogP contribution in [0.4, 0.5) is 15.8 Å². The molecule has 2 aliphatic heterocycles. The van der Waals surface area contributed by atoms with Gasteiger partial charge in [-0.15, -0.1) is 0 Å². The van der Waals surface area contributed by atoms with Crippen molar-refractivity contribution in [3.63, 3.8) is 0 Å². The molecular formula is C27H33FN6O4. The predicted molar refractivity (Wildman–Crippen MR) is 143 cm³/mol. The van der Waals surface area contributed by atoms with Crippen LogP contribution < -0.4 is 20.7 Å². The summed E-state index contributed by atoms with van der Waals surface area (Å²) in [6, 6.07) is 7.95. The van der Waals surface area contributed by atoms with Crippen LogP contribution in [-0.2, 0) is 16.1 Å². The number of aromatic nitrogens is 2. The molecule has 11 heteroatoms. The van der Waals surface area contributed by atoms with Crippen LogP contribution in [0.25, 0.3) is 5.65 Å². The van der Waals surface area contributed by atoms with Gasteiger partial charge >= 0.3 is 0 Å². The lowest BCUT2D eigenvalue weighted by atomic mass is 10.1. The maximum absolute atomic E-state index is 12.7. The first-order valence-corrected chi connectivity index (χ1v) is 12.7. The molecule has 2 aromatic heterocycles. The number of nitrogens with one attached hydrogen (secondary N) is 1. The van der Waals surface area contributed by atoms with Gasteiger partial charge in [-0.25, -0.2) is 9.37 Å². The van der Waals surface area contributed by atoms with Gasteiger partial charge in [0.15, 0.2) is 5.65 Å². The van der Waals surface area contributed by atoms with Crippen molar-refractivity contribution < 1.29 is 19.1 Å². The molecule has 0 radical (unpaired) electrons. The van der Waals surface area contributed by atoms with Crippen molar-refractivity contribution in [2.75, 3.05) is 49.6 Å². The maximum atomic E-state index is 12.7. The number of hydrogen-bond donors (Lipinski definition) is 2. The van der Waals surface area contributed by atoms with Crippen molar-refractivity contribution in [3.05, 3.63) is 64.0 Å². The van der Waals surface area contributed by atoms with Crippen LogP contribution in [0.2, 0.25) is 0 Å². The van der Waals surface area contributed by atoms with E-state index in [0.717, 1.165) is 50.3 Å². The van der Waals surface area contributed by atoms with Gasteiger partial charge in [-0.3, -0.25) is 18.8 Å². The number of carbonyl (C=O) groups is 2. The van der Waals surface area contributed by atoms with Gasteiger partial charge in [0.2, 0.25) is 18.1 Å². The largest absolute Gasteiger partial charge is 0.502 e. The van der Waals surface area contributed by atoms with Crippen molar-refractivity contribution in [1.82, 2.24) is 19.6 Å². The summed E-state index contributed by atoms with van der Waals surface area (Å²) in [5, 5.41) is 12.6. The number of piperazine rings is 1. The number of rotatable bonds is 5. The highest BCUT2D eigenvalue weighted by Crippen LogP contribution is 2.30. The molecule has 0 saturated carbocycles. The van der Waals surface area contributed by atoms with Crippen LogP contribution in [0.3, 0.4) is 0 Å². The fourth-order valence-corrected chi connectivity index (χ4v) is 4.56. The van der Waals surface area contributed by atoms with E-state index in [1.165, 1.54) is 16.5 Å². The highest BCUT2D eigenvalue weighted by atomic mass is 19.1. The number of likely N-dealkylation sites (N-methyl/N-ethyl adjacent to an activating group) is 1. The molecule has 0 spiro atoms. The molecule has 4 heterocycles. The van der Waals surface area contributed by atoms with Crippen molar-refractivity contribution in [1.29, 1.82) is 0 Å². The van der Waals surface area contributed by atoms with Gasteiger partial charge in [0.25, 0.3) is 5.56 Å². The molecule has 2 fully saturated rings. The summed E-state index contributed by atoms with van der Waals surface area (Å²) in [6.07, 6.45) is 4.67. The van der Waals surface area contributed by atoms with Gasteiger partial charge in [0, 0.05) is 51.9 Å². The Hall–Kier alpha value is -3.99. The number of aryl methyl sites for hydroxylation is 1. The number of halogens is 1. The minimum Gasteiger partial charge on any atom is -0.502 e. The van der Waals surface area contributed by atoms with E-state index < -0.39 is 5.56 Å². The minimum absolute atomic E-state index is 0.0543. The van der Waals surface area contributed by atoms with Gasteiger partial charge in [-0.05, 0) is 50.6 Å². The van der Waals surface area contributed by atoms with Crippen LogP contribution in [0.5, 0.6) is 5.75 Å². The zero-order chi connectivity index (χ0) is 27.2. The Kier molecular flexibility index (Phi) is 8.57. The Morgan fingerprint density at radius 1 is 1.08 bits per heavy atom. The molecule has 0 atom stereocenters. The van der Waals surface area contributed by atoms with E-state index in [1.807, 2.05) is 6.07 Å². The van der Waals surface area contributed by atoms with Crippen molar-refractivity contribution in [3.8, 4) is 5.75 Å². The molecule has 38 heavy (non-hydrogen) atoms. The quantitative estimate of drug-likeness (QED) is 0.492. The Labute approximate surface area is 220 Å². The van der Waals surface area contributed by atoms with Crippen LogP contribution in [0.15, 0.2) is 41.3 Å². The molecular weight excluding hydrogens is 491 g/mol. The molecule has 202 valence electrons. The minimum atomic E-state index is -0.501. The smallest absolute Gasteiger partial charge is 0.300 e. The van der Waals surface area contributed by atoms with E-state index >= 15 is 0 Å². The summed E-state index contributed by atoms with van der Waals surface area (Å²) in [5.41, 5.74) is 2.60. The summed E-state index contributed by atoms with van der Waals surface area (Å²) in [5.74, 6) is -0.558. The zero-order valence-corrected chi connectivity index (χ0v) is 21.7. The molecule has 10 nitrogen and oxygen atoms in total. The van der Waals surface area contributed by atoms with Crippen LogP contribution >= 0.6 is 0 Å². The van der Waals surface area contributed by atoms with Crippen LogP contribution in [0.1, 0.15) is 30.5 Å². The van der Waals surface area contributed by atoms with Gasteiger partial charge in [0.1, 0.15) is 5.82 Å². The lowest BCUT2D eigenvalue weighted by molar-refractivity contribution is -0.119. The third kappa shape index (κ3) is 6.10. The summed E-state index contributed by atoms with van der Waals surface area (Å²) in [7, 11) is 2.09. The SMILES string of the molecule is Cc1nc2c(N3CCCCC3=O)cc(N3CCN(C)CC3)cn2c(=O)c1O.O=CNCc1ccc(F)cc1. The molecule has 5 rings (SSSR count). The van der Waals surface area contributed by atoms with Gasteiger partial charge in [-0.1, -0.05) is 12.1 Å². The number of benzene rings is 1. The number of carbonyl (C=O) groups excluding carboxylic acids is 2. The Morgan fingerprint density at radius 2 is 1.79 bits per heavy atom. The second-order valence-electron chi connectivity index (χ2n) is 9.55. The first-order valence-electron chi connectivity index (χ1n) is 12.7. The molecule has 2 N–H and O–H groups in total. The topological polar surface area (TPSA) is 110 Å². The monoisotopic (exact) mass is 524 g/mol. The Morgan fingerprint density at radius 3 is 2.45 bits per heavy atom. The van der Waals surface area contributed by atoms with Crippen LogP contribution in [-0.4, -0.2) is 71.5 Å². The first kappa shape index (κ1) is 27.1. The highest BCUT2D eigenvalue weighted by Gasteiger charge is 2.25. The molecule has 0 unspecified atom stereocenters. The average molecular weight is 525 g/mol. The second kappa shape index (κ2) is 12.0. The number of anilines is 2. The molecule has 2 saturated heterocycles. The Bertz CT molecular complexity index is 1350. The van der Waals surface area contributed by atoms with E-state index in [0.29, 0.717) is 37.3 Å². The lowest BCUT2D eigenvalue weighted by Crippen LogP contribution is -2.45. The number of fused-ring (bicyclic) bond motifs is 1. The van der Waals surface area contributed by atoms with E-state index in [-0.39, 0.29) is 23.2 Å². The zero-order valence-electron chi connectivity index (χ0n) is 21.7. The number of nitrogens with zero attached hydrogens (tertiary/aromatic N) is 5. The molecule has 3 aromatic rings. The first-order chi connectivity index (χ1) is 18.3. The summed E-state index contributed by atoms with van der Waals surface area (Å²) in [4.78, 5) is 45.7. The number of hydrogen-bond acceptors (Lipinski definition) is 7. The molecule has 1 aromatic carbocycles. The third-order valence-corrected chi connectivity index (χ3v) is 6.83. The van der Waals surface area contributed by atoms with Crippen LogP contribution in [0, 0.1) is 12.7 Å². The molecule has 2 aliphatic rings. The number of amides is 2. The number of aromatic hydroxyl groups is 1. The van der Waals surface area contributed by atoms with Crippen molar-refractivity contribution >= 4 is 29.3 Å². The standard InChI is InChI=1S/C19H25N5O3.C8H8FNO/c1-13-17(26)19(27)24-12-14(22-9-7-21(2)8-10-22)11-15(18(24)20-13)23-6-4-3-5-16(23)25;9-8-3-1-7(2-4-8)5-10-6-11/h11-12,26H,3-10H2,1-2H3;1-4,6H,5H2,(H,10,11). The maximum Gasteiger partial charge on any atom is 0.300 e. The molecule has 0 aliphatic carbocycles. The van der Waals surface area contributed by atoms with E-state index in [1.54, 1.807) is 30.2 Å². The average Bonchev–Trinajstić information content (AvgIpc) is 2.92. The van der Waals surface area contributed by atoms with E-state index in [9.17, 15) is 23.9 Å². The number of piperidine rings is 1.